The Morgan fingerprint density at radius 1 is 1.31 bits per heavy atom. The van der Waals surface area contributed by atoms with Gasteiger partial charge in [0.05, 0.1) is 24.2 Å². The highest BCUT2D eigenvalue weighted by molar-refractivity contribution is 5.89. The van der Waals surface area contributed by atoms with Crippen LogP contribution in [0.25, 0.3) is 0 Å². The van der Waals surface area contributed by atoms with E-state index in [-0.39, 0.29) is 36.0 Å². The lowest BCUT2D eigenvalue weighted by molar-refractivity contribution is -0.136. The number of halogens is 1. The van der Waals surface area contributed by atoms with Crippen LogP contribution in [0.5, 0.6) is 0 Å². The van der Waals surface area contributed by atoms with Crippen molar-refractivity contribution in [2.24, 2.45) is 5.92 Å². The van der Waals surface area contributed by atoms with Crippen molar-refractivity contribution in [3.63, 3.8) is 0 Å². The normalized spacial score (nSPS) is 18.0. The molecule has 2 amide bonds. The minimum atomic E-state index is -0.362. The van der Waals surface area contributed by atoms with E-state index in [1.807, 2.05) is 25.1 Å². The van der Waals surface area contributed by atoms with E-state index in [9.17, 15) is 14.0 Å². The number of amides is 2. The Morgan fingerprint density at radius 2 is 2.04 bits per heavy atom. The maximum absolute atomic E-state index is 13.1. The van der Waals surface area contributed by atoms with Crippen molar-refractivity contribution in [2.45, 2.75) is 25.9 Å². The molecule has 3 rings (SSSR count). The minimum Gasteiger partial charge on any atom is -0.339 e. The second-order valence-electron chi connectivity index (χ2n) is 6.67. The lowest BCUT2D eigenvalue weighted by atomic mass is 10.0. The SMILES string of the molecule is C[C@H](c1ccc(F)cc1)N(C)C(=O)[C@@H]1CC(=O)N(Cc2ccccn2)C1. The van der Waals surface area contributed by atoms with Gasteiger partial charge in [-0.2, -0.15) is 0 Å². The average Bonchev–Trinajstić information content (AvgIpc) is 3.02. The molecule has 1 saturated heterocycles. The number of carbonyl (C=O) groups excluding carboxylic acids is 2. The summed E-state index contributed by atoms with van der Waals surface area (Å²) in [6, 6.07) is 11.5. The van der Waals surface area contributed by atoms with Crippen molar-refractivity contribution in [3.05, 3.63) is 65.7 Å². The molecule has 1 aliphatic heterocycles. The molecule has 0 radical (unpaired) electrons. The van der Waals surface area contributed by atoms with Gasteiger partial charge in [0, 0.05) is 26.2 Å². The Kier molecular flexibility index (Phi) is 5.30. The second-order valence-corrected chi connectivity index (χ2v) is 6.67. The lowest BCUT2D eigenvalue weighted by Gasteiger charge is -2.28. The van der Waals surface area contributed by atoms with Crippen LogP contribution in [0.2, 0.25) is 0 Å². The maximum atomic E-state index is 13.1. The molecule has 0 spiro atoms. The molecule has 26 heavy (non-hydrogen) atoms. The zero-order valence-corrected chi connectivity index (χ0v) is 14.9. The van der Waals surface area contributed by atoms with Gasteiger partial charge in [0.2, 0.25) is 11.8 Å². The Labute approximate surface area is 152 Å². The summed E-state index contributed by atoms with van der Waals surface area (Å²) in [5.74, 6) is -0.767. The first-order chi connectivity index (χ1) is 12.5. The molecular weight excluding hydrogens is 333 g/mol. The van der Waals surface area contributed by atoms with Gasteiger partial charge in [-0.25, -0.2) is 4.39 Å². The molecule has 1 fully saturated rings. The first-order valence-corrected chi connectivity index (χ1v) is 8.65. The standard InChI is InChI=1S/C20H22FN3O2/c1-14(15-6-8-17(21)9-7-15)23(2)20(26)16-11-19(25)24(12-16)13-18-5-3-4-10-22-18/h3-10,14,16H,11-13H2,1-2H3/t14-,16-/m1/s1. The van der Waals surface area contributed by atoms with Gasteiger partial charge in [-0.05, 0) is 36.8 Å². The second kappa shape index (κ2) is 7.64. The van der Waals surface area contributed by atoms with Crippen LogP contribution in [0.15, 0.2) is 48.7 Å². The summed E-state index contributed by atoms with van der Waals surface area (Å²) in [6.45, 7) is 2.71. The molecule has 0 N–H and O–H groups in total. The number of hydrogen-bond donors (Lipinski definition) is 0. The summed E-state index contributed by atoms with van der Waals surface area (Å²) in [5, 5.41) is 0. The van der Waals surface area contributed by atoms with Gasteiger partial charge in [-0.1, -0.05) is 18.2 Å². The van der Waals surface area contributed by atoms with Crippen molar-refractivity contribution < 1.29 is 14.0 Å². The van der Waals surface area contributed by atoms with Crippen molar-refractivity contribution in [1.82, 2.24) is 14.8 Å². The van der Waals surface area contributed by atoms with Crippen molar-refractivity contribution in [1.29, 1.82) is 0 Å². The van der Waals surface area contributed by atoms with Gasteiger partial charge in [0.15, 0.2) is 0 Å². The number of likely N-dealkylation sites (tertiary alicyclic amines) is 1. The summed E-state index contributed by atoms with van der Waals surface area (Å²) in [6.07, 6.45) is 1.91. The van der Waals surface area contributed by atoms with Gasteiger partial charge in [-0.15, -0.1) is 0 Å². The predicted molar refractivity (Wildman–Crippen MR) is 95.3 cm³/mol. The predicted octanol–water partition coefficient (Wildman–Crippen LogP) is 2.79. The zero-order valence-electron chi connectivity index (χ0n) is 14.9. The van der Waals surface area contributed by atoms with Crippen LogP contribution in [0.3, 0.4) is 0 Å². The van der Waals surface area contributed by atoms with Crippen LogP contribution in [-0.4, -0.2) is 40.2 Å². The molecule has 5 nitrogen and oxygen atoms in total. The monoisotopic (exact) mass is 355 g/mol. The Bertz CT molecular complexity index is 779. The zero-order chi connectivity index (χ0) is 18.7. The molecule has 0 saturated carbocycles. The van der Waals surface area contributed by atoms with Crippen LogP contribution in [0.1, 0.15) is 30.6 Å². The molecule has 0 unspecified atom stereocenters. The lowest BCUT2D eigenvalue weighted by Crippen LogP contribution is -2.36. The largest absolute Gasteiger partial charge is 0.339 e. The molecule has 2 atom stereocenters. The summed E-state index contributed by atoms with van der Waals surface area (Å²) in [7, 11) is 1.72. The summed E-state index contributed by atoms with van der Waals surface area (Å²) >= 11 is 0. The third-order valence-corrected chi connectivity index (χ3v) is 4.92. The number of nitrogens with zero attached hydrogens (tertiary/aromatic N) is 3. The van der Waals surface area contributed by atoms with E-state index < -0.39 is 0 Å². The van der Waals surface area contributed by atoms with E-state index >= 15 is 0 Å². The fraction of sp³-hybridized carbons (Fsp3) is 0.350. The van der Waals surface area contributed by atoms with Crippen LogP contribution in [-0.2, 0) is 16.1 Å². The third-order valence-electron chi connectivity index (χ3n) is 4.92. The van der Waals surface area contributed by atoms with Crippen molar-refractivity contribution in [3.8, 4) is 0 Å². The smallest absolute Gasteiger partial charge is 0.228 e. The fourth-order valence-corrected chi connectivity index (χ4v) is 3.22. The number of carbonyl (C=O) groups is 2. The van der Waals surface area contributed by atoms with Gasteiger partial charge < -0.3 is 9.80 Å². The van der Waals surface area contributed by atoms with Crippen LogP contribution in [0.4, 0.5) is 4.39 Å². The summed E-state index contributed by atoms with van der Waals surface area (Å²) in [4.78, 5) is 32.7. The fourth-order valence-electron chi connectivity index (χ4n) is 3.22. The summed E-state index contributed by atoms with van der Waals surface area (Å²) in [5.41, 5.74) is 1.67. The van der Waals surface area contributed by atoms with Crippen LogP contribution >= 0.6 is 0 Å². The Morgan fingerprint density at radius 3 is 2.69 bits per heavy atom. The van der Waals surface area contributed by atoms with E-state index in [1.165, 1.54) is 12.1 Å². The van der Waals surface area contributed by atoms with E-state index in [0.717, 1.165) is 11.3 Å². The Hall–Kier alpha value is -2.76. The van der Waals surface area contributed by atoms with Gasteiger partial charge >= 0.3 is 0 Å². The molecule has 136 valence electrons. The van der Waals surface area contributed by atoms with Crippen LogP contribution in [0, 0.1) is 11.7 Å². The molecule has 2 heterocycles. The number of aromatic nitrogens is 1. The molecule has 0 aliphatic carbocycles. The number of hydrogen-bond acceptors (Lipinski definition) is 3. The topological polar surface area (TPSA) is 53.5 Å². The van der Waals surface area contributed by atoms with E-state index in [1.54, 1.807) is 35.2 Å². The number of pyridine rings is 1. The third kappa shape index (κ3) is 3.90. The van der Waals surface area contributed by atoms with Crippen LogP contribution < -0.4 is 0 Å². The highest BCUT2D eigenvalue weighted by Gasteiger charge is 2.36. The summed E-state index contributed by atoms with van der Waals surface area (Å²) < 4.78 is 13.1. The molecule has 6 heteroatoms. The highest BCUT2D eigenvalue weighted by atomic mass is 19.1. The molecule has 1 aromatic heterocycles. The molecule has 1 aromatic carbocycles. The van der Waals surface area contributed by atoms with E-state index in [4.69, 9.17) is 0 Å². The number of rotatable bonds is 5. The number of benzene rings is 1. The average molecular weight is 355 g/mol. The first-order valence-electron chi connectivity index (χ1n) is 8.65. The highest BCUT2D eigenvalue weighted by Crippen LogP contribution is 2.26. The molecule has 2 aromatic rings. The van der Waals surface area contributed by atoms with Crippen molar-refractivity contribution in [2.75, 3.05) is 13.6 Å². The van der Waals surface area contributed by atoms with E-state index in [0.29, 0.717) is 13.1 Å². The first kappa shape index (κ1) is 18.0. The van der Waals surface area contributed by atoms with Crippen molar-refractivity contribution >= 4 is 11.8 Å². The Balaban J connectivity index is 1.64. The van der Waals surface area contributed by atoms with Gasteiger partial charge in [-0.3, -0.25) is 14.6 Å². The van der Waals surface area contributed by atoms with Gasteiger partial charge in [0.1, 0.15) is 5.82 Å². The molecule has 0 bridgehead atoms. The van der Waals surface area contributed by atoms with Gasteiger partial charge in [0.25, 0.3) is 0 Å². The van der Waals surface area contributed by atoms with E-state index in [2.05, 4.69) is 4.98 Å². The minimum absolute atomic E-state index is 0.0307. The maximum Gasteiger partial charge on any atom is 0.228 e. The molecule has 1 aliphatic rings. The quantitative estimate of drug-likeness (QED) is 0.829. The molecular formula is C20H22FN3O2.